The van der Waals surface area contributed by atoms with Crippen molar-refractivity contribution >= 4 is 11.3 Å². The second kappa shape index (κ2) is 4.17. The van der Waals surface area contributed by atoms with Crippen LogP contribution in [-0.4, -0.2) is 15.7 Å². The van der Waals surface area contributed by atoms with Crippen molar-refractivity contribution in [1.29, 1.82) is 0 Å². The van der Waals surface area contributed by atoms with Crippen LogP contribution in [0.1, 0.15) is 39.1 Å². The van der Waals surface area contributed by atoms with E-state index in [1.54, 1.807) is 11.3 Å². The summed E-state index contributed by atoms with van der Waals surface area (Å²) in [5.41, 5.74) is 7.57. The van der Waals surface area contributed by atoms with Crippen molar-refractivity contribution in [1.82, 2.24) is 10.1 Å². The second-order valence-corrected chi connectivity index (χ2v) is 6.48. The third kappa shape index (κ3) is 2.08. The molecular weight excluding hydrogens is 246 g/mol. The maximum atomic E-state index is 6.18. The van der Waals surface area contributed by atoms with Crippen LogP contribution < -0.4 is 5.73 Å². The zero-order chi connectivity index (χ0) is 13.6. The summed E-state index contributed by atoms with van der Waals surface area (Å²) in [5.74, 6) is 1.22. The van der Waals surface area contributed by atoms with Gasteiger partial charge in [0.2, 0.25) is 11.7 Å². The summed E-state index contributed by atoms with van der Waals surface area (Å²) in [6.45, 7) is 10.0. The minimum absolute atomic E-state index is 0.373. The smallest absolute Gasteiger partial charge is 0.234 e. The van der Waals surface area contributed by atoms with Gasteiger partial charge >= 0.3 is 0 Å². The summed E-state index contributed by atoms with van der Waals surface area (Å²) in [5, 5.41) is 8.17. The quantitative estimate of drug-likeness (QED) is 0.926. The van der Waals surface area contributed by atoms with Crippen LogP contribution in [0.2, 0.25) is 0 Å². The van der Waals surface area contributed by atoms with Crippen LogP contribution in [0.3, 0.4) is 0 Å². The fraction of sp³-hybridized carbons (Fsp3) is 0.538. The van der Waals surface area contributed by atoms with E-state index in [-0.39, 0.29) is 5.41 Å². The lowest BCUT2D eigenvalue weighted by molar-refractivity contribution is 0.223. The molecule has 18 heavy (non-hydrogen) atoms. The van der Waals surface area contributed by atoms with Crippen molar-refractivity contribution in [3.8, 4) is 11.4 Å². The minimum Gasteiger partial charge on any atom is -0.338 e. The summed E-state index contributed by atoms with van der Waals surface area (Å²) in [4.78, 5) is 4.50. The molecule has 0 radical (unpaired) electrons. The molecule has 4 nitrogen and oxygen atoms in total. The Labute approximate surface area is 111 Å². The zero-order valence-electron chi connectivity index (χ0n) is 11.4. The molecule has 2 aromatic rings. The van der Waals surface area contributed by atoms with Crippen molar-refractivity contribution < 1.29 is 4.52 Å². The summed E-state index contributed by atoms with van der Waals surface area (Å²) in [6.07, 6.45) is 0. The molecule has 0 aromatic carbocycles. The van der Waals surface area contributed by atoms with Gasteiger partial charge in [0.25, 0.3) is 0 Å². The molecule has 98 valence electrons. The van der Waals surface area contributed by atoms with E-state index < -0.39 is 5.54 Å². The zero-order valence-corrected chi connectivity index (χ0v) is 12.3. The fourth-order valence-corrected chi connectivity index (χ4v) is 2.28. The van der Waals surface area contributed by atoms with E-state index in [1.165, 1.54) is 0 Å². The van der Waals surface area contributed by atoms with Gasteiger partial charge in [-0.1, -0.05) is 5.16 Å². The predicted octanol–water partition coefficient (Wildman–Crippen LogP) is 3.12. The Bertz CT molecular complexity index is 549. The third-order valence-corrected chi connectivity index (χ3v) is 4.53. The van der Waals surface area contributed by atoms with Crippen LogP contribution in [0.5, 0.6) is 0 Å². The third-order valence-electron chi connectivity index (χ3n) is 3.67. The average molecular weight is 265 g/mol. The maximum absolute atomic E-state index is 6.18. The number of hydrogen-bond acceptors (Lipinski definition) is 5. The second-order valence-electron chi connectivity index (χ2n) is 5.74. The minimum atomic E-state index is -0.430. The van der Waals surface area contributed by atoms with Gasteiger partial charge in [0, 0.05) is 16.5 Å². The van der Waals surface area contributed by atoms with Crippen molar-refractivity contribution in [3.63, 3.8) is 0 Å². The Balaban J connectivity index is 2.41. The fourth-order valence-electron chi connectivity index (χ4n) is 1.45. The number of aryl methyl sites for hydroxylation is 1. The van der Waals surface area contributed by atoms with Crippen LogP contribution in [0.15, 0.2) is 15.3 Å². The normalized spacial score (nSPS) is 13.0. The van der Waals surface area contributed by atoms with Crippen LogP contribution in [0.25, 0.3) is 11.4 Å². The molecule has 0 saturated heterocycles. The highest BCUT2D eigenvalue weighted by Crippen LogP contribution is 2.33. The molecule has 0 aliphatic carbocycles. The molecule has 0 fully saturated rings. The molecule has 0 bridgehead atoms. The van der Waals surface area contributed by atoms with Crippen LogP contribution in [0, 0.1) is 6.92 Å². The summed E-state index contributed by atoms with van der Waals surface area (Å²) in [7, 11) is 0. The molecule has 2 N–H and O–H groups in total. The number of nitrogens with zero attached hydrogens (tertiary/aromatic N) is 2. The molecular formula is C13H19N3OS. The van der Waals surface area contributed by atoms with Gasteiger partial charge in [-0.25, -0.2) is 0 Å². The highest BCUT2D eigenvalue weighted by atomic mass is 32.1. The first kappa shape index (κ1) is 13.2. The average Bonchev–Trinajstić information content (AvgIpc) is 2.83. The lowest BCUT2D eigenvalue weighted by atomic mass is 9.75. The number of thiophene rings is 1. The standard InChI is InChI=1S/C13H19N3OS/c1-8-6-18-7-9(8)10-15-11(17-16-10)12(2,3)13(4,5)14/h6-7H,14H2,1-5H3. The number of aromatic nitrogens is 2. The van der Waals surface area contributed by atoms with Gasteiger partial charge < -0.3 is 10.3 Å². The van der Waals surface area contributed by atoms with Crippen LogP contribution >= 0.6 is 11.3 Å². The van der Waals surface area contributed by atoms with Crippen LogP contribution in [0.4, 0.5) is 0 Å². The van der Waals surface area contributed by atoms with E-state index in [1.807, 2.05) is 40.0 Å². The molecule has 0 unspecified atom stereocenters. The van der Waals surface area contributed by atoms with Crippen molar-refractivity contribution in [2.24, 2.45) is 5.73 Å². The lowest BCUT2D eigenvalue weighted by Gasteiger charge is -2.34. The van der Waals surface area contributed by atoms with Crippen molar-refractivity contribution in [3.05, 3.63) is 22.2 Å². The van der Waals surface area contributed by atoms with Gasteiger partial charge in [0.1, 0.15) is 0 Å². The first-order chi connectivity index (χ1) is 8.23. The summed E-state index contributed by atoms with van der Waals surface area (Å²) < 4.78 is 5.40. The maximum Gasteiger partial charge on any atom is 0.234 e. The Morgan fingerprint density at radius 1 is 1.22 bits per heavy atom. The molecule has 0 aliphatic heterocycles. The first-order valence-electron chi connectivity index (χ1n) is 5.89. The van der Waals surface area contributed by atoms with Gasteiger partial charge in [0.15, 0.2) is 0 Å². The Hall–Kier alpha value is -1.20. The topological polar surface area (TPSA) is 64.9 Å². The largest absolute Gasteiger partial charge is 0.338 e. The molecule has 0 spiro atoms. The molecule has 2 rings (SSSR count). The van der Waals surface area contributed by atoms with Crippen LogP contribution in [-0.2, 0) is 5.41 Å². The molecule has 0 aliphatic rings. The summed E-state index contributed by atoms with van der Waals surface area (Å²) >= 11 is 1.64. The van der Waals surface area contributed by atoms with Crippen molar-refractivity contribution in [2.75, 3.05) is 0 Å². The molecule has 0 amide bonds. The van der Waals surface area contributed by atoms with E-state index in [4.69, 9.17) is 10.3 Å². The summed E-state index contributed by atoms with van der Waals surface area (Å²) in [6, 6.07) is 0. The monoisotopic (exact) mass is 265 g/mol. The van der Waals surface area contributed by atoms with E-state index in [0.29, 0.717) is 11.7 Å². The van der Waals surface area contributed by atoms with E-state index in [9.17, 15) is 0 Å². The molecule has 2 heterocycles. The van der Waals surface area contributed by atoms with Gasteiger partial charge in [0.05, 0.1) is 5.41 Å². The predicted molar refractivity (Wildman–Crippen MR) is 73.6 cm³/mol. The molecule has 0 atom stereocenters. The number of nitrogens with two attached hydrogens (primary N) is 1. The van der Waals surface area contributed by atoms with Gasteiger partial charge in [-0.15, -0.1) is 0 Å². The van der Waals surface area contributed by atoms with Gasteiger partial charge in [-0.05, 0) is 45.6 Å². The molecule has 2 aromatic heterocycles. The Morgan fingerprint density at radius 3 is 2.39 bits per heavy atom. The molecule has 5 heteroatoms. The van der Waals surface area contributed by atoms with Crippen molar-refractivity contribution in [2.45, 2.75) is 45.6 Å². The SMILES string of the molecule is Cc1cscc1-c1noc(C(C)(C)C(C)(C)N)n1. The van der Waals surface area contributed by atoms with E-state index in [2.05, 4.69) is 15.5 Å². The van der Waals surface area contributed by atoms with Gasteiger partial charge in [-0.2, -0.15) is 16.3 Å². The van der Waals surface area contributed by atoms with E-state index in [0.717, 1.165) is 11.1 Å². The number of rotatable bonds is 3. The first-order valence-corrected chi connectivity index (χ1v) is 6.84. The lowest BCUT2D eigenvalue weighted by Crippen LogP contribution is -2.50. The highest BCUT2D eigenvalue weighted by Gasteiger charge is 2.40. The van der Waals surface area contributed by atoms with E-state index >= 15 is 0 Å². The highest BCUT2D eigenvalue weighted by molar-refractivity contribution is 7.08. The Kier molecular flexibility index (Phi) is 3.07. The molecule has 0 saturated carbocycles. The number of hydrogen-bond donors (Lipinski definition) is 1. The Morgan fingerprint density at radius 2 is 1.89 bits per heavy atom. The van der Waals surface area contributed by atoms with Gasteiger partial charge in [-0.3, -0.25) is 0 Å².